The van der Waals surface area contributed by atoms with Gasteiger partial charge in [-0.1, -0.05) is 45.0 Å². The van der Waals surface area contributed by atoms with Gasteiger partial charge in [0.1, 0.15) is 0 Å². The zero-order valence-electron chi connectivity index (χ0n) is 26.3. The number of halogens is 2. The molecule has 1 heterocycles. The van der Waals surface area contributed by atoms with Gasteiger partial charge in [-0.15, -0.1) is 0 Å². The molecule has 1 unspecified atom stereocenters. The Morgan fingerprint density at radius 1 is 0.913 bits per heavy atom. The minimum atomic E-state index is -1.10. The van der Waals surface area contributed by atoms with Crippen molar-refractivity contribution in [2.75, 3.05) is 55.3 Å². The summed E-state index contributed by atoms with van der Waals surface area (Å²) in [6, 6.07) is 16.0. The van der Waals surface area contributed by atoms with E-state index >= 15 is 0 Å². The molecule has 0 aliphatic carbocycles. The Hall–Kier alpha value is -4.39. The number of aliphatic hydroxyl groups is 1. The molecule has 46 heavy (non-hydrogen) atoms. The van der Waals surface area contributed by atoms with E-state index in [1.807, 2.05) is 25.7 Å². The first-order chi connectivity index (χ1) is 21.9. The number of ether oxygens (including phenoxy) is 1. The lowest BCUT2D eigenvalue weighted by atomic mass is 9.92. The van der Waals surface area contributed by atoms with Gasteiger partial charge in [-0.25, -0.2) is 13.6 Å². The highest BCUT2D eigenvalue weighted by Crippen LogP contribution is 2.25. The molecule has 1 saturated heterocycles. The molecule has 1 aliphatic heterocycles. The zero-order chi connectivity index (χ0) is 33.3. The van der Waals surface area contributed by atoms with Crippen molar-refractivity contribution in [3.05, 3.63) is 89.5 Å². The van der Waals surface area contributed by atoms with E-state index in [0.29, 0.717) is 61.8 Å². The van der Waals surface area contributed by atoms with Crippen molar-refractivity contribution in [3.63, 3.8) is 0 Å². The summed E-state index contributed by atoms with van der Waals surface area (Å²) in [5.74, 6) is -2.68. The second-order valence-electron chi connectivity index (χ2n) is 12.5. The number of β-amino-alcohol motifs (C(OH)–C–C–N with tert-alkyl or cyclic N) is 1. The number of aliphatic hydroxyl groups excluding tert-OH is 1. The largest absolute Gasteiger partial charge is 0.390 e. The minimum absolute atomic E-state index is 0.0349. The molecule has 4 amide bonds. The molecule has 10 nitrogen and oxygen atoms in total. The maximum absolute atomic E-state index is 13.8. The molecule has 0 saturated carbocycles. The Labute approximate surface area is 267 Å². The van der Waals surface area contributed by atoms with Gasteiger partial charge in [0.25, 0.3) is 5.91 Å². The third kappa shape index (κ3) is 10.6. The highest BCUT2D eigenvalue weighted by atomic mass is 19.2. The van der Waals surface area contributed by atoms with Crippen LogP contribution in [-0.2, 0) is 16.1 Å². The first-order valence-corrected chi connectivity index (χ1v) is 15.1. The molecule has 0 spiro atoms. The third-order valence-corrected chi connectivity index (χ3v) is 7.19. The predicted octanol–water partition coefficient (Wildman–Crippen LogP) is 5.32. The van der Waals surface area contributed by atoms with E-state index in [4.69, 9.17) is 4.74 Å². The fourth-order valence-electron chi connectivity index (χ4n) is 4.94. The van der Waals surface area contributed by atoms with Gasteiger partial charge in [0.05, 0.1) is 30.7 Å². The SMILES string of the molecule is CC(C)(C)CC(=O)Nc1ccccc1NC(=O)c1ccc(CN(CC(O)CN2CCOCC2)C(=O)Nc2ccc(F)c(F)c2)cc1. The molecule has 4 rings (SSSR count). The number of carbonyl (C=O) groups is 3. The second kappa shape index (κ2) is 15.7. The van der Waals surface area contributed by atoms with Gasteiger partial charge in [-0.2, -0.15) is 0 Å². The Balaban J connectivity index is 1.43. The molecule has 4 N–H and O–H groups in total. The van der Waals surface area contributed by atoms with Crippen molar-refractivity contribution >= 4 is 34.9 Å². The number of urea groups is 1. The van der Waals surface area contributed by atoms with Gasteiger partial charge in [0.2, 0.25) is 5.91 Å². The number of anilines is 3. The predicted molar refractivity (Wildman–Crippen MR) is 173 cm³/mol. The molecule has 3 aromatic rings. The first-order valence-electron chi connectivity index (χ1n) is 15.1. The molecule has 0 bridgehead atoms. The number of nitrogens with zero attached hydrogens (tertiary/aromatic N) is 2. The first kappa shape index (κ1) is 34.5. The standard InChI is InChI=1S/C34H41F2N5O5/c1-34(2,3)19-31(43)38-29-6-4-5-7-30(29)39-32(44)24-10-8-23(9-11-24)20-41(22-26(42)21-40-14-16-46-17-15-40)33(45)37-25-12-13-27(35)28(36)18-25/h4-13,18,26,42H,14-17,19-22H2,1-3H3,(H,37,45)(H,38,43)(H,39,44). The zero-order valence-corrected chi connectivity index (χ0v) is 26.3. The molecular weight excluding hydrogens is 596 g/mol. The van der Waals surface area contributed by atoms with Gasteiger partial charge in [-0.3, -0.25) is 14.5 Å². The summed E-state index contributed by atoms with van der Waals surface area (Å²) < 4.78 is 32.6. The molecule has 3 aromatic carbocycles. The van der Waals surface area contributed by atoms with Crippen molar-refractivity contribution in [2.45, 2.75) is 39.8 Å². The number of benzene rings is 3. The van der Waals surface area contributed by atoms with E-state index in [9.17, 15) is 28.3 Å². The maximum atomic E-state index is 13.8. The number of amides is 4. The fraction of sp³-hybridized carbons (Fsp3) is 0.382. The molecule has 0 aromatic heterocycles. The summed E-state index contributed by atoms with van der Waals surface area (Å²) in [4.78, 5) is 42.3. The Morgan fingerprint density at radius 3 is 2.20 bits per heavy atom. The van der Waals surface area contributed by atoms with E-state index < -0.39 is 29.7 Å². The van der Waals surface area contributed by atoms with Gasteiger partial charge >= 0.3 is 6.03 Å². The number of carbonyl (C=O) groups excluding carboxylic acids is 3. The van der Waals surface area contributed by atoms with Crippen LogP contribution in [-0.4, -0.2) is 78.2 Å². The van der Waals surface area contributed by atoms with Crippen LogP contribution in [0, 0.1) is 17.0 Å². The van der Waals surface area contributed by atoms with Gasteiger partial charge in [-0.05, 0) is 47.4 Å². The van der Waals surface area contributed by atoms with Crippen molar-refractivity contribution < 1.29 is 33.0 Å². The normalized spacial score (nSPS) is 14.3. The van der Waals surface area contributed by atoms with Gasteiger partial charge in [0, 0.05) is 56.5 Å². The van der Waals surface area contributed by atoms with Crippen LogP contribution >= 0.6 is 0 Å². The van der Waals surface area contributed by atoms with E-state index in [2.05, 4.69) is 16.0 Å². The van der Waals surface area contributed by atoms with Crippen molar-refractivity contribution in [1.29, 1.82) is 0 Å². The lowest BCUT2D eigenvalue weighted by Crippen LogP contribution is -2.46. The summed E-state index contributed by atoms with van der Waals surface area (Å²) in [6.07, 6.45) is -0.570. The van der Waals surface area contributed by atoms with Crippen LogP contribution in [0.4, 0.5) is 30.6 Å². The average molecular weight is 638 g/mol. The molecule has 246 valence electrons. The summed E-state index contributed by atoms with van der Waals surface area (Å²) in [5, 5.41) is 19.1. The van der Waals surface area contributed by atoms with Crippen molar-refractivity contribution in [3.8, 4) is 0 Å². The fourth-order valence-corrected chi connectivity index (χ4v) is 4.94. The number of hydrogen-bond donors (Lipinski definition) is 4. The monoisotopic (exact) mass is 637 g/mol. The highest BCUT2D eigenvalue weighted by molar-refractivity contribution is 6.07. The average Bonchev–Trinajstić information content (AvgIpc) is 2.99. The topological polar surface area (TPSA) is 123 Å². The number of morpholine rings is 1. The molecule has 1 fully saturated rings. The van der Waals surface area contributed by atoms with E-state index in [1.165, 1.54) is 11.0 Å². The highest BCUT2D eigenvalue weighted by Gasteiger charge is 2.22. The number of hydrogen-bond acceptors (Lipinski definition) is 6. The summed E-state index contributed by atoms with van der Waals surface area (Å²) in [5.41, 5.74) is 1.83. The van der Waals surface area contributed by atoms with Gasteiger partial charge < -0.3 is 30.7 Å². The second-order valence-corrected chi connectivity index (χ2v) is 12.5. The Bertz CT molecular complexity index is 1510. The van der Waals surface area contributed by atoms with Crippen LogP contribution in [0.15, 0.2) is 66.7 Å². The molecule has 12 heteroatoms. The number of nitrogens with one attached hydrogen (secondary N) is 3. The summed E-state index contributed by atoms with van der Waals surface area (Å²) >= 11 is 0. The van der Waals surface area contributed by atoms with Crippen LogP contribution in [0.3, 0.4) is 0 Å². The Morgan fingerprint density at radius 2 is 1.57 bits per heavy atom. The van der Waals surface area contributed by atoms with Crippen LogP contribution in [0.2, 0.25) is 0 Å². The van der Waals surface area contributed by atoms with Crippen molar-refractivity contribution in [2.24, 2.45) is 5.41 Å². The quantitative estimate of drug-likeness (QED) is 0.226. The van der Waals surface area contributed by atoms with Crippen LogP contribution < -0.4 is 16.0 Å². The molecule has 0 radical (unpaired) electrons. The van der Waals surface area contributed by atoms with Crippen LogP contribution in [0.1, 0.15) is 43.1 Å². The number of rotatable bonds is 11. The maximum Gasteiger partial charge on any atom is 0.322 e. The van der Waals surface area contributed by atoms with E-state index in [-0.39, 0.29) is 30.1 Å². The van der Waals surface area contributed by atoms with Crippen LogP contribution in [0.25, 0.3) is 0 Å². The van der Waals surface area contributed by atoms with E-state index in [0.717, 1.165) is 12.1 Å². The van der Waals surface area contributed by atoms with Gasteiger partial charge in [0.15, 0.2) is 11.6 Å². The minimum Gasteiger partial charge on any atom is -0.390 e. The molecular formula is C34H41F2N5O5. The number of para-hydroxylation sites is 2. The lowest BCUT2D eigenvalue weighted by molar-refractivity contribution is -0.117. The van der Waals surface area contributed by atoms with Crippen molar-refractivity contribution in [1.82, 2.24) is 9.80 Å². The third-order valence-electron chi connectivity index (χ3n) is 7.19. The molecule has 1 aliphatic rings. The van der Waals surface area contributed by atoms with Crippen LogP contribution in [0.5, 0.6) is 0 Å². The smallest absolute Gasteiger partial charge is 0.322 e. The Kier molecular flexibility index (Phi) is 11.8. The molecule has 1 atom stereocenters. The summed E-state index contributed by atoms with van der Waals surface area (Å²) in [7, 11) is 0. The summed E-state index contributed by atoms with van der Waals surface area (Å²) in [6.45, 7) is 8.71. The van der Waals surface area contributed by atoms with E-state index in [1.54, 1.807) is 48.5 Å². The lowest BCUT2D eigenvalue weighted by Gasteiger charge is -2.31.